The van der Waals surface area contributed by atoms with Gasteiger partial charge in [0, 0.05) is 23.5 Å². The normalized spacial score (nSPS) is 18.0. The Balaban J connectivity index is 1.75. The first-order chi connectivity index (χ1) is 11.8. The van der Waals surface area contributed by atoms with E-state index in [1.165, 1.54) is 6.20 Å². The molecule has 0 radical (unpaired) electrons. The number of nitrogens with one attached hydrogen (secondary N) is 1. The van der Waals surface area contributed by atoms with E-state index in [9.17, 15) is 27.9 Å². The van der Waals surface area contributed by atoms with E-state index in [1.807, 2.05) is 0 Å². The summed E-state index contributed by atoms with van der Waals surface area (Å²) in [5, 5.41) is 13.6. The molecule has 2 heterocycles. The quantitative estimate of drug-likeness (QED) is 0.882. The van der Waals surface area contributed by atoms with E-state index in [0.29, 0.717) is 15.7 Å². The Labute approximate surface area is 140 Å². The minimum absolute atomic E-state index is 0.0645. The number of aromatic hydroxyl groups is 1. The van der Waals surface area contributed by atoms with Crippen molar-refractivity contribution in [1.82, 2.24) is 15.2 Å². The van der Waals surface area contributed by atoms with Gasteiger partial charge in [0.1, 0.15) is 12.6 Å². The van der Waals surface area contributed by atoms with Gasteiger partial charge in [0.25, 0.3) is 5.91 Å². The molecule has 1 saturated heterocycles. The van der Waals surface area contributed by atoms with Gasteiger partial charge in [-0.05, 0) is 6.42 Å². The van der Waals surface area contributed by atoms with E-state index in [0.717, 1.165) is 0 Å². The third-order valence-corrected chi connectivity index (χ3v) is 3.96. The summed E-state index contributed by atoms with van der Waals surface area (Å²) in [4.78, 5) is 28.8. The first kappa shape index (κ1) is 17.0. The highest BCUT2D eigenvalue weighted by molar-refractivity contribution is 6.03. The maximum atomic E-state index is 12.4. The molecule has 1 aliphatic heterocycles. The Kier molecular flexibility index (Phi) is 4.23. The summed E-state index contributed by atoms with van der Waals surface area (Å²) in [6.45, 7) is -1.45. The molecule has 2 aromatic rings. The van der Waals surface area contributed by atoms with Gasteiger partial charge < -0.3 is 15.3 Å². The van der Waals surface area contributed by atoms with E-state index in [1.54, 1.807) is 24.3 Å². The van der Waals surface area contributed by atoms with Crippen LogP contribution in [0.25, 0.3) is 10.8 Å². The molecule has 0 bridgehead atoms. The fraction of sp³-hybridized carbons (Fsp3) is 0.312. The summed E-state index contributed by atoms with van der Waals surface area (Å²) in [7, 11) is 0. The number of fused-ring (bicyclic) bond motifs is 1. The molecule has 9 heteroatoms. The summed E-state index contributed by atoms with van der Waals surface area (Å²) in [5.74, 6) is -1.95. The zero-order valence-electron chi connectivity index (χ0n) is 12.9. The predicted molar refractivity (Wildman–Crippen MR) is 81.9 cm³/mol. The standard InChI is InChI=1S/C16H14F3N3O3/c17-16(18,19)8-22-6-5-11(15(22)25)21-14(24)12-13(23)10-4-2-1-3-9(10)7-20-12/h1-4,7,11,23H,5-6,8H2,(H,21,24). The summed E-state index contributed by atoms with van der Waals surface area (Å²) < 4.78 is 37.2. The lowest BCUT2D eigenvalue weighted by molar-refractivity contribution is -0.157. The average Bonchev–Trinajstić information content (AvgIpc) is 2.87. The maximum Gasteiger partial charge on any atom is 0.406 e. The summed E-state index contributed by atoms with van der Waals surface area (Å²) in [6, 6.07) is 5.67. The molecule has 1 atom stereocenters. The Hall–Kier alpha value is -2.84. The van der Waals surface area contributed by atoms with Gasteiger partial charge in [0.2, 0.25) is 5.91 Å². The molecule has 0 saturated carbocycles. The summed E-state index contributed by atoms with van der Waals surface area (Å²) in [5.41, 5.74) is -0.277. The molecule has 1 aromatic heterocycles. The van der Waals surface area contributed by atoms with Crippen molar-refractivity contribution in [1.29, 1.82) is 0 Å². The molecule has 1 unspecified atom stereocenters. The van der Waals surface area contributed by atoms with Gasteiger partial charge in [0.05, 0.1) is 0 Å². The third kappa shape index (κ3) is 3.49. The number of nitrogens with zero attached hydrogens (tertiary/aromatic N) is 2. The van der Waals surface area contributed by atoms with Crippen LogP contribution < -0.4 is 5.32 Å². The van der Waals surface area contributed by atoms with E-state index >= 15 is 0 Å². The van der Waals surface area contributed by atoms with E-state index < -0.39 is 30.6 Å². The first-order valence-electron chi connectivity index (χ1n) is 7.49. The lowest BCUT2D eigenvalue weighted by Crippen LogP contribution is -2.44. The minimum atomic E-state index is -4.49. The van der Waals surface area contributed by atoms with Gasteiger partial charge in [-0.1, -0.05) is 24.3 Å². The van der Waals surface area contributed by atoms with Crippen molar-refractivity contribution in [3.05, 3.63) is 36.2 Å². The number of hydrogen-bond donors (Lipinski definition) is 2. The number of pyridine rings is 1. The SMILES string of the molecule is O=C(NC1CCN(CC(F)(F)F)C1=O)c1ncc2ccccc2c1O. The highest BCUT2D eigenvalue weighted by Gasteiger charge is 2.40. The van der Waals surface area contributed by atoms with Crippen LogP contribution in [0.2, 0.25) is 0 Å². The fourth-order valence-electron chi connectivity index (χ4n) is 2.79. The molecule has 0 aliphatic carbocycles. The van der Waals surface area contributed by atoms with Crippen LogP contribution in [0.4, 0.5) is 13.2 Å². The van der Waals surface area contributed by atoms with Gasteiger partial charge in [0.15, 0.2) is 11.4 Å². The van der Waals surface area contributed by atoms with Crippen LogP contribution in [-0.4, -0.2) is 52.1 Å². The van der Waals surface area contributed by atoms with Crippen LogP contribution in [0.1, 0.15) is 16.9 Å². The van der Waals surface area contributed by atoms with Crippen LogP contribution in [0.15, 0.2) is 30.5 Å². The van der Waals surface area contributed by atoms with Crippen molar-refractivity contribution in [2.75, 3.05) is 13.1 Å². The monoisotopic (exact) mass is 353 g/mol. The van der Waals surface area contributed by atoms with Gasteiger partial charge >= 0.3 is 6.18 Å². The second-order valence-corrected chi connectivity index (χ2v) is 5.73. The number of rotatable bonds is 3. The summed E-state index contributed by atoms with van der Waals surface area (Å²) >= 11 is 0. The number of carbonyl (C=O) groups excluding carboxylic acids is 2. The van der Waals surface area contributed by atoms with E-state index in [2.05, 4.69) is 10.3 Å². The number of aromatic nitrogens is 1. The number of benzene rings is 1. The van der Waals surface area contributed by atoms with Crippen LogP contribution in [0.3, 0.4) is 0 Å². The molecule has 1 aromatic carbocycles. The number of halogens is 3. The van der Waals surface area contributed by atoms with E-state index in [4.69, 9.17) is 0 Å². The summed E-state index contributed by atoms with van der Waals surface area (Å²) in [6.07, 6.45) is -3.03. The number of amides is 2. The fourth-order valence-corrected chi connectivity index (χ4v) is 2.79. The Bertz CT molecular complexity index is 838. The van der Waals surface area contributed by atoms with Crippen molar-refractivity contribution in [2.24, 2.45) is 0 Å². The lowest BCUT2D eigenvalue weighted by atomic mass is 10.1. The molecule has 25 heavy (non-hydrogen) atoms. The molecular formula is C16H14F3N3O3. The van der Waals surface area contributed by atoms with Crippen LogP contribution in [-0.2, 0) is 4.79 Å². The topological polar surface area (TPSA) is 82.5 Å². The third-order valence-electron chi connectivity index (χ3n) is 3.96. The Morgan fingerprint density at radius 2 is 2.08 bits per heavy atom. The Morgan fingerprint density at radius 3 is 2.80 bits per heavy atom. The van der Waals surface area contributed by atoms with Crippen molar-refractivity contribution >= 4 is 22.6 Å². The molecule has 3 rings (SSSR count). The van der Waals surface area contributed by atoms with E-state index in [-0.39, 0.29) is 24.4 Å². The van der Waals surface area contributed by atoms with Gasteiger partial charge in [-0.3, -0.25) is 9.59 Å². The van der Waals surface area contributed by atoms with Crippen molar-refractivity contribution in [3.8, 4) is 5.75 Å². The number of carbonyl (C=O) groups is 2. The molecule has 1 fully saturated rings. The highest BCUT2D eigenvalue weighted by atomic mass is 19.4. The number of likely N-dealkylation sites (tertiary alicyclic amines) is 1. The highest BCUT2D eigenvalue weighted by Crippen LogP contribution is 2.27. The van der Waals surface area contributed by atoms with Gasteiger partial charge in [-0.2, -0.15) is 13.2 Å². The van der Waals surface area contributed by atoms with Crippen molar-refractivity contribution in [2.45, 2.75) is 18.6 Å². The maximum absolute atomic E-state index is 12.4. The van der Waals surface area contributed by atoms with Gasteiger partial charge in [-0.15, -0.1) is 0 Å². The zero-order valence-corrected chi connectivity index (χ0v) is 12.9. The van der Waals surface area contributed by atoms with Crippen LogP contribution in [0.5, 0.6) is 5.75 Å². The van der Waals surface area contributed by atoms with Crippen molar-refractivity contribution < 1.29 is 27.9 Å². The molecule has 2 amide bonds. The smallest absolute Gasteiger partial charge is 0.406 e. The molecule has 1 aliphatic rings. The van der Waals surface area contributed by atoms with Crippen LogP contribution >= 0.6 is 0 Å². The predicted octanol–water partition coefficient (Wildman–Crippen LogP) is 1.83. The van der Waals surface area contributed by atoms with Crippen molar-refractivity contribution in [3.63, 3.8) is 0 Å². The van der Waals surface area contributed by atoms with Crippen LogP contribution in [0, 0.1) is 0 Å². The molecular weight excluding hydrogens is 339 g/mol. The Morgan fingerprint density at radius 1 is 1.36 bits per heavy atom. The number of alkyl halides is 3. The number of hydrogen-bond acceptors (Lipinski definition) is 4. The zero-order chi connectivity index (χ0) is 18.2. The van der Waals surface area contributed by atoms with Gasteiger partial charge in [-0.25, -0.2) is 4.98 Å². The first-order valence-corrected chi connectivity index (χ1v) is 7.49. The average molecular weight is 353 g/mol. The minimum Gasteiger partial charge on any atom is -0.505 e. The second kappa shape index (κ2) is 6.23. The molecule has 132 valence electrons. The largest absolute Gasteiger partial charge is 0.505 e. The molecule has 2 N–H and O–H groups in total. The molecule has 0 spiro atoms. The lowest BCUT2D eigenvalue weighted by Gasteiger charge is -2.18. The molecule has 6 nitrogen and oxygen atoms in total. The second-order valence-electron chi connectivity index (χ2n) is 5.73.